The fraction of sp³-hybridized carbons (Fsp3) is 0.441. The van der Waals surface area contributed by atoms with Crippen LogP contribution in [0, 0.1) is 26.3 Å². The van der Waals surface area contributed by atoms with Gasteiger partial charge in [0.25, 0.3) is 5.91 Å². The molecule has 0 saturated carbocycles. The van der Waals surface area contributed by atoms with Crippen molar-refractivity contribution in [2.24, 2.45) is 5.73 Å². The predicted octanol–water partition coefficient (Wildman–Crippen LogP) is 3.60. The van der Waals surface area contributed by atoms with Gasteiger partial charge in [-0.3, -0.25) is 19.3 Å². The average molecular weight is 621 g/mol. The number of hydrogen-bond acceptors (Lipinski definition) is 7. The van der Waals surface area contributed by atoms with Crippen LogP contribution in [0.15, 0.2) is 48.5 Å². The van der Waals surface area contributed by atoms with Crippen LogP contribution in [0.3, 0.4) is 0 Å². The number of primary amides is 1. The summed E-state index contributed by atoms with van der Waals surface area (Å²) in [7, 11) is 0. The van der Waals surface area contributed by atoms with Crippen molar-refractivity contribution in [3.05, 3.63) is 70.8 Å². The number of hydrogen-bond donors (Lipinski definition) is 3. The maximum Gasteiger partial charge on any atom is 0.408 e. The Kier molecular flexibility index (Phi) is 12.3. The van der Waals surface area contributed by atoms with Gasteiger partial charge in [0.05, 0.1) is 6.42 Å². The maximum absolute atomic E-state index is 14.2. The Labute approximate surface area is 265 Å². The van der Waals surface area contributed by atoms with Crippen molar-refractivity contribution in [2.75, 3.05) is 0 Å². The highest BCUT2D eigenvalue weighted by atomic mass is 16.6. The fourth-order valence-electron chi connectivity index (χ4n) is 4.54. The minimum absolute atomic E-state index is 0.0928. The Bertz CT molecular complexity index is 1410. The van der Waals surface area contributed by atoms with Crippen LogP contribution in [0.4, 0.5) is 4.79 Å². The van der Waals surface area contributed by atoms with Crippen LogP contribution in [-0.4, -0.2) is 58.0 Å². The molecular weight excluding hydrogens is 576 g/mol. The minimum Gasteiger partial charge on any atom is -0.458 e. The van der Waals surface area contributed by atoms with Crippen LogP contribution in [0.2, 0.25) is 0 Å². The number of carbonyl (C=O) groups is 5. The summed E-state index contributed by atoms with van der Waals surface area (Å²) in [6.07, 6.45) is 4.33. The van der Waals surface area contributed by atoms with Crippen molar-refractivity contribution in [3.8, 4) is 12.5 Å². The second-order valence-electron chi connectivity index (χ2n) is 12.8. The third kappa shape index (κ3) is 12.0. The van der Waals surface area contributed by atoms with E-state index in [0.29, 0.717) is 5.56 Å². The van der Waals surface area contributed by atoms with Gasteiger partial charge in [-0.05, 0) is 66.5 Å². The van der Waals surface area contributed by atoms with E-state index in [9.17, 15) is 24.0 Å². The SMILES string of the molecule is C#CN(C(=O)C(CC(N)=O)NC(=O)OC(C)(C)C)C(C(=O)NC(Cc1ccccc1)C(=O)OC(C)(C)C)c1cc(C)cc(C)c1. The molecule has 0 saturated heterocycles. The number of amides is 4. The second kappa shape index (κ2) is 15.2. The van der Waals surface area contributed by atoms with Crippen LogP contribution < -0.4 is 16.4 Å². The number of esters is 1. The molecule has 0 fully saturated rings. The van der Waals surface area contributed by atoms with Gasteiger partial charge in [0.15, 0.2) is 0 Å². The van der Waals surface area contributed by atoms with Gasteiger partial charge in [0, 0.05) is 12.5 Å². The van der Waals surface area contributed by atoms with Gasteiger partial charge in [0.2, 0.25) is 11.8 Å². The lowest BCUT2D eigenvalue weighted by Gasteiger charge is -2.32. The van der Waals surface area contributed by atoms with E-state index in [2.05, 4.69) is 16.7 Å². The number of aryl methyl sites for hydroxylation is 2. The number of nitrogens with one attached hydrogen (secondary N) is 2. The van der Waals surface area contributed by atoms with Crippen LogP contribution in [0.25, 0.3) is 0 Å². The van der Waals surface area contributed by atoms with Gasteiger partial charge in [-0.15, -0.1) is 0 Å². The van der Waals surface area contributed by atoms with Gasteiger partial charge in [0.1, 0.15) is 29.3 Å². The van der Waals surface area contributed by atoms with Gasteiger partial charge < -0.3 is 25.8 Å². The van der Waals surface area contributed by atoms with Crippen molar-refractivity contribution in [1.82, 2.24) is 15.5 Å². The average Bonchev–Trinajstić information content (AvgIpc) is 2.88. The third-order valence-corrected chi connectivity index (χ3v) is 6.13. The Balaban J connectivity index is 2.59. The normalized spacial score (nSPS) is 13.3. The molecule has 11 nitrogen and oxygen atoms in total. The van der Waals surface area contributed by atoms with Gasteiger partial charge >= 0.3 is 12.1 Å². The maximum atomic E-state index is 14.2. The zero-order valence-corrected chi connectivity index (χ0v) is 27.2. The Hall–Kier alpha value is -4.85. The van der Waals surface area contributed by atoms with E-state index in [-0.39, 0.29) is 6.42 Å². The fourth-order valence-corrected chi connectivity index (χ4v) is 4.54. The van der Waals surface area contributed by atoms with Crippen LogP contribution in [-0.2, 0) is 35.1 Å². The summed E-state index contributed by atoms with van der Waals surface area (Å²) in [5.74, 6) is -3.33. The summed E-state index contributed by atoms with van der Waals surface area (Å²) in [4.78, 5) is 66.8. The van der Waals surface area contributed by atoms with E-state index in [0.717, 1.165) is 21.6 Å². The third-order valence-electron chi connectivity index (χ3n) is 6.13. The molecule has 0 heterocycles. The van der Waals surface area contributed by atoms with Crippen molar-refractivity contribution in [3.63, 3.8) is 0 Å². The number of carbonyl (C=O) groups excluding carboxylic acids is 5. The zero-order chi connectivity index (χ0) is 34.1. The second-order valence-corrected chi connectivity index (χ2v) is 12.8. The molecule has 4 amide bonds. The first-order valence-electron chi connectivity index (χ1n) is 14.5. The first-order valence-corrected chi connectivity index (χ1v) is 14.5. The number of benzene rings is 2. The van der Waals surface area contributed by atoms with E-state index in [1.165, 1.54) is 0 Å². The number of nitrogens with zero attached hydrogens (tertiary/aromatic N) is 1. The Morgan fingerprint density at radius 2 is 1.42 bits per heavy atom. The van der Waals surface area contributed by atoms with Gasteiger partial charge in [-0.1, -0.05) is 66.1 Å². The van der Waals surface area contributed by atoms with Crippen LogP contribution in [0.1, 0.15) is 76.3 Å². The largest absolute Gasteiger partial charge is 0.458 e. The number of ether oxygens (including phenoxy) is 2. The first-order chi connectivity index (χ1) is 20.8. The molecule has 2 aromatic rings. The molecule has 0 radical (unpaired) electrons. The summed E-state index contributed by atoms with van der Waals surface area (Å²) in [6.45, 7) is 13.6. The molecule has 0 aliphatic heterocycles. The summed E-state index contributed by atoms with van der Waals surface area (Å²) in [5, 5.41) is 5.09. The van der Waals surface area contributed by atoms with Crippen LogP contribution in [0.5, 0.6) is 0 Å². The summed E-state index contributed by atoms with van der Waals surface area (Å²) >= 11 is 0. The summed E-state index contributed by atoms with van der Waals surface area (Å²) in [6, 6.07) is 12.3. The lowest BCUT2D eigenvalue weighted by Crippen LogP contribution is -2.54. The molecule has 0 bridgehead atoms. The first kappa shape index (κ1) is 36.3. The summed E-state index contributed by atoms with van der Waals surface area (Å²) < 4.78 is 10.9. The standard InChI is InChI=1S/C34H44N4O7/c1-10-38(30(41)25(20-27(35)39)37-32(43)45-34(7,8)9)28(24-17-21(2)16-22(3)18-24)29(40)36-26(31(42)44-33(4,5)6)19-23-14-12-11-13-15-23/h1,11-18,25-26,28H,19-20H2,2-9H3,(H2,35,39)(H,36,40)(H,37,43). The Morgan fingerprint density at radius 3 is 1.91 bits per heavy atom. The predicted molar refractivity (Wildman–Crippen MR) is 169 cm³/mol. The highest BCUT2D eigenvalue weighted by Gasteiger charge is 2.38. The number of nitrogens with two attached hydrogens (primary N) is 1. The molecule has 242 valence electrons. The Morgan fingerprint density at radius 1 is 0.867 bits per heavy atom. The molecule has 3 atom stereocenters. The highest BCUT2D eigenvalue weighted by molar-refractivity contribution is 5.96. The molecule has 0 aromatic heterocycles. The zero-order valence-electron chi connectivity index (χ0n) is 27.2. The molecule has 0 aliphatic carbocycles. The van der Waals surface area contributed by atoms with Crippen molar-refractivity contribution >= 4 is 29.8 Å². The molecule has 0 spiro atoms. The summed E-state index contributed by atoms with van der Waals surface area (Å²) in [5.41, 5.74) is 6.30. The molecule has 4 N–H and O–H groups in total. The van der Waals surface area contributed by atoms with Crippen molar-refractivity contribution in [2.45, 2.75) is 97.6 Å². The molecule has 2 aromatic carbocycles. The van der Waals surface area contributed by atoms with E-state index in [1.54, 1.807) is 77.9 Å². The van der Waals surface area contributed by atoms with Gasteiger partial charge in [-0.25, -0.2) is 9.59 Å². The lowest BCUT2D eigenvalue weighted by molar-refractivity contribution is -0.159. The smallest absolute Gasteiger partial charge is 0.408 e. The molecule has 2 rings (SSSR count). The molecule has 0 aliphatic rings. The molecule has 11 heteroatoms. The van der Waals surface area contributed by atoms with E-state index in [4.69, 9.17) is 21.6 Å². The minimum atomic E-state index is -1.56. The topological polar surface area (TPSA) is 157 Å². The molecule has 45 heavy (non-hydrogen) atoms. The number of terminal acetylenes is 1. The van der Waals surface area contributed by atoms with E-state index >= 15 is 0 Å². The highest BCUT2D eigenvalue weighted by Crippen LogP contribution is 2.25. The van der Waals surface area contributed by atoms with Crippen molar-refractivity contribution < 1.29 is 33.4 Å². The molecule has 3 unspecified atom stereocenters. The number of alkyl carbamates (subject to hydrolysis) is 1. The van der Waals surface area contributed by atoms with Gasteiger partial charge in [-0.2, -0.15) is 0 Å². The number of rotatable bonds is 11. The van der Waals surface area contributed by atoms with E-state index < -0.39 is 65.5 Å². The van der Waals surface area contributed by atoms with Crippen molar-refractivity contribution in [1.29, 1.82) is 0 Å². The quantitative estimate of drug-likeness (QED) is 0.197. The van der Waals surface area contributed by atoms with Crippen LogP contribution >= 0.6 is 0 Å². The molecular formula is C34H44N4O7. The lowest BCUT2D eigenvalue weighted by atomic mass is 9.97. The van der Waals surface area contributed by atoms with E-state index in [1.807, 2.05) is 26.0 Å². The monoisotopic (exact) mass is 620 g/mol.